The molecular formula is C19H23FN2O3S. The van der Waals surface area contributed by atoms with Gasteiger partial charge in [0.1, 0.15) is 5.82 Å². The Hall–Kier alpha value is -1.83. The van der Waals surface area contributed by atoms with Gasteiger partial charge in [0.15, 0.2) is 0 Å². The standard InChI is InChI=1S/C19H23FN2O3S/c20-15-3-1-14(2-4-15)16-11-26-18(22-16)6-5-17(24)21-12-19(13-23)7-9-25-10-8-19/h1-4,11,23H,5-10,12-13H2,(H,21,24). The molecule has 1 fully saturated rings. The molecule has 0 spiro atoms. The molecule has 2 heterocycles. The van der Waals surface area contributed by atoms with Crippen molar-refractivity contribution >= 4 is 17.2 Å². The number of halogens is 1. The molecular weight excluding hydrogens is 355 g/mol. The van der Waals surface area contributed by atoms with E-state index in [1.807, 2.05) is 5.38 Å². The molecule has 1 amide bonds. The average molecular weight is 378 g/mol. The summed E-state index contributed by atoms with van der Waals surface area (Å²) in [7, 11) is 0. The number of amides is 1. The zero-order valence-electron chi connectivity index (χ0n) is 14.5. The maximum absolute atomic E-state index is 13.0. The largest absolute Gasteiger partial charge is 0.396 e. The van der Waals surface area contributed by atoms with Gasteiger partial charge in [0.05, 0.1) is 17.3 Å². The van der Waals surface area contributed by atoms with Gasteiger partial charge < -0.3 is 15.2 Å². The molecule has 3 rings (SSSR count). The van der Waals surface area contributed by atoms with Crippen molar-refractivity contribution in [1.82, 2.24) is 10.3 Å². The molecule has 26 heavy (non-hydrogen) atoms. The van der Waals surface area contributed by atoms with Crippen LogP contribution in [0.1, 0.15) is 24.3 Å². The quantitative estimate of drug-likeness (QED) is 0.777. The predicted octanol–water partition coefficient (Wildman–Crippen LogP) is 2.79. The minimum absolute atomic E-state index is 0.0390. The summed E-state index contributed by atoms with van der Waals surface area (Å²) in [6.07, 6.45) is 2.44. The number of aryl methyl sites for hydroxylation is 1. The van der Waals surface area contributed by atoms with Crippen LogP contribution in [-0.4, -0.2) is 42.4 Å². The van der Waals surface area contributed by atoms with E-state index in [1.54, 1.807) is 12.1 Å². The molecule has 0 radical (unpaired) electrons. The van der Waals surface area contributed by atoms with E-state index in [9.17, 15) is 14.3 Å². The molecule has 2 aromatic rings. The summed E-state index contributed by atoms with van der Waals surface area (Å²) in [5.74, 6) is -0.311. The fourth-order valence-corrected chi connectivity index (χ4v) is 3.78. The van der Waals surface area contributed by atoms with Gasteiger partial charge in [-0.05, 0) is 37.1 Å². The average Bonchev–Trinajstić information content (AvgIpc) is 3.15. The number of rotatable bonds is 7. The molecule has 1 saturated heterocycles. The predicted molar refractivity (Wildman–Crippen MR) is 98.4 cm³/mol. The Morgan fingerprint density at radius 1 is 1.31 bits per heavy atom. The fourth-order valence-electron chi connectivity index (χ4n) is 2.97. The van der Waals surface area contributed by atoms with Gasteiger partial charge >= 0.3 is 0 Å². The highest BCUT2D eigenvalue weighted by Crippen LogP contribution is 2.29. The third-order valence-corrected chi connectivity index (χ3v) is 5.72. The summed E-state index contributed by atoms with van der Waals surface area (Å²) in [6, 6.07) is 6.22. The first-order valence-corrected chi connectivity index (χ1v) is 9.64. The Bertz CT molecular complexity index is 727. The molecule has 0 saturated carbocycles. The van der Waals surface area contributed by atoms with Crippen LogP contribution in [-0.2, 0) is 16.0 Å². The third kappa shape index (κ3) is 4.87. The summed E-state index contributed by atoms with van der Waals surface area (Å²) in [4.78, 5) is 16.7. The lowest BCUT2D eigenvalue weighted by molar-refractivity contribution is -0.122. The van der Waals surface area contributed by atoms with Gasteiger partial charge in [-0.25, -0.2) is 9.37 Å². The smallest absolute Gasteiger partial charge is 0.220 e. The summed E-state index contributed by atoms with van der Waals surface area (Å²) in [5.41, 5.74) is 1.40. The summed E-state index contributed by atoms with van der Waals surface area (Å²) >= 11 is 1.50. The Balaban J connectivity index is 1.48. The van der Waals surface area contributed by atoms with E-state index in [1.165, 1.54) is 23.5 Å². The first kappa shape index (κ1) is 18.9. The Morgan fingerprint density at radius 3 is 2.73 bits per heavy atom. The highest BCUT2D eigenvalue weighted by atomic mass is 32.1. The molecule has 5 nitrogen and oxygen atoms in total. The molecule has 140 valence electrons. The van der Waals surface area contributed by atoms with Gasteiger partial charge in [-0.2, -0.15) is 0 Å². The fraction of sp³-hybridized carbons (Fsp3) is 0.474. The molecule has 0 unspecified atom stereocenters. The maximum atomic E-state index is 13.0. The van der Waals surface area contributed by atoms with Crippen LogP contribution < -0.4 is 5.32 Å². The van der Waals surface area contributed by atoms with Crippen LogP contribution in [0, 0.1) is 11.2 Å². The number of carbonyl (C=O) groups is 1. The highest BCUT2D eigenvalue weighted by Gasteiger charge is 2.32. The molecule has 0 bridgehead atoms. The molecule has 1 aromatic heterocycles. The van der Waals surface area contributed by atoms with Gasteiger partial charge in [0.25, 0.3) is 0 Å². The van der Waals surface area contributed by atoms with Crippen molar-refractivity contribution in [2.75, 3.05) is 26.4 Å². The zero-order chi connectivity index (χ0) is 18.4. The van der Waals surface area contributed by atoms with Crippen LogP contribution in [0.2, 0.25) is 0 Å². The molecule has 0 aliphatic carbocycles. The molecule has 7 heteroatoms. The van der Waals surface area contributed by atoms with E-state index in [2.05, 4.69) is 10.3 Å². The summed E-state index contributed by atoms with van der Waals surface area (Å²) in [5, 5.41) is 15.4. The number of nitrogens with zero attached hydrogens (tertiary/aromatic N) is 1. The van der Waals surface area contributed by atoms with Crippen molar-refractivity contribution in [3.63, 3.8) is 0 Å². The zero-order valence-corrected chi connectivity index (χ0v) is 15.4. The number of thiazole rings is 1. The van der Waals surface area contributed by atoms with Gasteiger partial charge in [-0.15, -0.1) is 11.3 Å². The first-order valence-electron chi connectivity index (χ1n) is 8.76. The lowest BCUT2D eigenvalue weighted by Gasteiger charge is -2.35. The van der Waals surface area contributed by atoms with Gasteiger partial charge in [0.2, 0.25) is 5.91 Å². The number of carbonyl (C=O) groups excluding carboxylic acids is 1. The van der Waals surface area contributed by atoms with E-state index in [-0.39, 0.29) is 23.7 Å². The van der Waals surface area contributed by atoms with Gasteiger partial charge in [0, 0.05) is 49.0 Å². The topological polar surface area (TPSA) is 71.5 Å². The monoisotopic (exact) mass is 378 g/mol. The molecule has 1 aromatic carbocycles. The van der Waals surface area contributed by atoms with Crippen molar-refractivity contribution < 1.29 is 19.0 Å². The lowest BCUT2D eigenvalue weighted by atomic mass is 9.81. The normalized spacial score (nSPS) is 16.4. The number of aliphatic hydroxyl groups is 1. The van der Waals surface area contributed by atoms with E-state index >= 15 is 0 Å². The molecule has 0 atom stereocenters. The van der Waals surface area contributed by atoms with Crippen molar-refractivity contribution in [3.05, 3.63) is 40.5 Å². The van der Waals surface area contributed by atoms with Crippen molar-refractivity contribution in [2.24, 2.45) is 5.41 Å². The van der Waals surface area contributed by atoms with Crippen LogP contribution >= 0.6 is 11.3 Å². The lowest BCUT2D eigenvalue weighted by Crippen LogP contribution is -2.43. The Labute approximate surface area is 156 Å². The van der Waals surface area contributed by atoms with E-state index in [4.69, 9.17) is 4.74 Å². The van der Waals surface area contributed by atoms with E-state index < -0.39 is 0 Å². The van der Waals surface area contributed by atoms with Crippen molar-refractivity contribution in [1.29, 1.82) is 0 Å². The number of benzene rings is 1. The van der Waals surface area contributed by atoms with Crippen LogP contribution in [0.5, 0.6) is 0 Å². The second kappa shape index (κ2) is 8.70. The van der Waals surface area contributed by atoms with Crippen molar-refractivity contribution in [2.45, 2.75) is 25.7 Å². The number of hydrogen-bond donors (Lipinski definition) is 2. The van der Waals surface area contributed by atoms with E-state index in [0.29, 0.717) is 32.6 Å². The SMILES string of the molecule is O=C(CCc1nc(-c2ccc(F)cc2)cs1)NCC1(CO)CCOCC1. The van der Waals surface area contributed by atoms with E-state index in [0.717, 1.165) is 29.1 Å². The number of hydrogen-bond acceptors (Lipinski definition) is 5. The first-order chi connectivity index (χ1) is 12.6. The second-order valence-corrected chi connectivity index (χ2v) is 7.62. The van der Waals surface area contributed by atoms with Gasteiger partial charge in [-0.3, -0.25) is 4.79 Å². The van der Waals surface area contributed by atoms with Crippen LogP contribution in [0.15, 0.2) is 29.6 Å². The van der Waals surface area contributed by atoms with Crippen LogP contribution in [0.3, 0.4) is 0 Å². The van der Waals surface area contributed by atoms with Gasteiger partial charge in [-0.1, -0.05) is 0 Å². The maximum Gasteiger partial charge on any atom is 0.220 e. The van der Waals surface area contributed by atoms with Crippen LogP contribution in [0.4, 0.5) is 4.39 Å². The number of aromatic nitrogens is 1. The highest BCUT2D eigenvalue weighted by molar-refractivity contribution is 7.09. The number of ether oxygens (including phenoxy) is 1. The third-order valence-electron chi connectivity index (χ3n) is 4.81. The molecule has 1 aliphatic rings. The van der Waals surface area contributed by atoms with Crippen LogP contribution in [0.25, 0.3) is 11.3 Å². The molecule has 1 aliphatic heterocycles. The summed E-state index contributed by atoms with van der Waals surface area (Å²) in [6.45, 7) is 1.79. The second-order valence-electron chi connectivity index (χ2n) is 6.68. The minimum atomic E-state index is -0.272. The Morgan fingerprint density at radius 2 is 2.04 bits per heavy atom. The Kier molecular flexibility index (Phi) is 6.34. The molecule has 2 N–H and O–H groups in total. The summed E-state index contributed by atoms with van der Waals surface area (Å²) < 4.78 is 18.3. The number of aliphatic hydroxyl groups excluding tert-OH is 1. The minimum Gasteiger partial charge on any atom is -0.396 e. The number of nitrogens with one attached hydrogen (secondary N) is 1. The van der Waals surface area contributed by atoms with Crippen molar-refractivity contribution in [3.8, 4) is 11.3 Å².